The van der Waals surface area contributed by atoms with E-state index < -0.39 is 0 Å². The lowest BCUT2D eigenvalue weighted by Gasteiger charge is -2.10. The summed E-state index contributed by atoms with van der Waals surface area (Å²) in [5.41, 5.74) is 3.03. The van der Waals surface area contributed by atoms with E-state index in [9.17, 15) is 0 Å². The summed E-state index contributed by atoms with van der Waals surface area (Å²) >= 11 is 6.14. The average molecular weight is 414 g/mol. The molecule has 3 aromatic carbocycles. The first kappa shape index (κ1) is 20.9. The van der Waals surface area contributed by atoms with Crippen molar-refractivity contribution in [1.29, 1.82) is 0 Å². The van der Waals surface area contributed by atoms with Gasteiger partial charge in [0.05, 0.1) is 23.4 Å². The molecule has 1 heterocycles. The molecule has 4 nitrogen and oxygen atoms in total. The van der Waals surface area contributed by atoms with E-state index in [1.165, 1.54) is 0 Å². The maximum Gasteiger partial charge on any atom is 0.227 e. The average Bonchev–Trinajstić information content (AvgIpc) is 2.81. The second-order valence-electron chi connectivity index (χ2n) is 6.10. The Balaban J connectivity index is 0.000000367. The van der Waals surface area contributed by atoms with Gasteiger partial charge in [-0.2, -0.15) is 0 Å². The molecule has 0 aliphatic heterocycles. The van der Waals surface area contributed by atoms with Crippen LogP contribution in [0, 0.1) is 12.3 Å². The van der Waals surface area contributed by atoms with Gasteiger partial charge >= 0.3 is 0 Å². The number of ether oxygens (including phenoxy) is 1. The van der Waals surface area contributed by atoms with E-state index in [-0.39, 0.29) is 0 Å². The van der Waals surface area contributed by atoms with Crippen LogP contribution in [0.4, 0.5) is 11.6 Å². The number of aromatic nitrogens is 2. The summed E-state index contributed by atoms with van der Waals surface area (Å²) in [7, 11) is 1.57. The predicted molar refractivity (Wildman–Crippen MR) is 123 cm³/mol. The molecular formula is C25H20ClN3O. The van der Waals surface area contributed by atoms with Crippen molar-refractivity contribution in [3.63, 3.8) is 0 Å². The van der Waals surface area contributed by atoms with Gasteiger partial charge in [-0.05, 0) is 18.2 Å². The van der Waals surface area contributed by atoms with Crippen molar-refractivity contribution < 1.29 is 4.74 Å². The highest BCUT2D eigenvalue weighted by molar-refractivity contribution is 6.32. The smallest absolute Gasteiger partial charge is 0.227 e. The highest BCUT2D eigenvalue weighted by Gasteiger charge is 2.09. The first-order valence-corrected chi connectivity index (χ1v) is 9.58. The van der Waals surface area contributed by atoms with Gasteiger partial charge in [0.2, 0.25) is 5.95 Å². The molecule has 4 aromatic rings. The summed E-state index contributed by atoms with van der Waals surface area (Å²) in [5.74, 6) is 3.67. The molecule has 0 bridgehead atoms. The Bertz CT molecular complexity index is 1100. The summed E-state index contributed by atoms with van der Waals surface area (Å²) in [4.78, 5) is 8.81. The number of halogens is 1. The standard InChI is InChI=1S/C19H14ClN3O.C6H6/c1-3-13-12-21-19(23-18(13)14-7-5-4-6-8-14)22-15-9-10-17(24-2)16(20)11-15;1-2-4-6-5-3-1/h1,4-12H,2H3,(H,21,22,23);1-6H. The van der Waals surface area contributed by atoms with Crippen LogP contribution in [-0.4, -0.2) is 17.1 Å². The van der Waals surface area contributed by atoms with Crippen LogP contribution in [-0.2, 0) is 0 Å². The van der Waals surface area contributed by atoms with Crippen LogP contribution in [0.2, 0.25) is 5.02 Å². The summed E-state index contributed by atoms with van der Waals surface area (Å²) < 4.78 is 5.14. The Morgan fingerprint density at radius 1 is 0.933 bits per heavy atom. The van der Waals surface area contributed by atoms with Gasteiger partial charge in [-0.3, -0.25) is 0 Å². The van der Waals surface area contributed by atoms with Crippen molar-refractivity contribution >= 4 is 23.2 Å². The first-order chi connectivity index (χ1) is 14.7. The fraction of sp³-hybridized carbons (Fsp3) is 0.0400. The van der Waals surface area contributed by atoms with Gasteiger partial charge in [-0.1, -0.05) is 84.3 Å². The molecular weight excluding hydrogens is 394 g/mol. The van der Waals surface area contributed by atoms with Crippen LogP contribution < -0.4 is 10.1 Å². The van der Waals surface area contributed by atoms with Crippen LogP contribution in [0.1, 0.15) is 5.56 Å². The fourth-order valence-electron chi connectivity index (χ4n) is 2.62. The number of terminal acetylenes is 1. The molecule has 0 aliphatic carbocycles. The van der Waals surface area contributed by atoms with E-state index in [4.69, 9.17) is 22.8 Å². The van der Waals surface area contributed by atoms with Crippen molar-refractivity contribution in [3.8, 4) is 29.4 Å². The third-order valence-corrected chi connectivity index (χ3v) is 4.36. The maximum absolute atomic E-state index is 6.14. The molecule has 0 amide bonds. The van der Waals surface area contributed by atoms with Gasteiger partial charge in [-0.25, -0.2) is 9.97 Å². The molecule has 0 saturated carbocycles. The maximum atomic E-state index is 6.14. The molecule has 0 spiro atoms. The van der Waals surface area contributed by atoms with Crippen molar-refractivity contribution in [2.24, 2.45) is 0 Å². The lowest BCUT2D eigenvalue weighted by molar-refractivity contribution is 0.415. The molecule has 1 aromatic heterocycles. The first-order valence-electron chi connectivity index (χ1n) is 9.21. The minimum Gasteiger partial charge on any atom is -0.495 e. The number of methoxy groups -OCH3 is 1. The number of anilines is 2. The topological polar surface area (TPSA) is 47.0 Å². The molecule has 0 fully saturated rings. The molecule has 0 unspecified atom stereocenters. The summed E-state index contributed by atoms with van der Waals surface area (Å²) in [6, 6.07) is 27.1. The quantitative estimate of drug-likeness (QED) is 0.403. The van der Waals surface area contributed by atoms with E-state index in [0.717, 1.165) is 11.3 Å². The third-order valence-electron chi connectivity index (χ3n) is 4.07. The fourth-order valence-corrected chi connectivity index (χ4v) is 2.88. The highest BCUT2D eigenvalue weighted by atomic mass is 35.5. The van der Waals surface area contributed by atoms with Crippen LogP contribution in [0.5, 0.6) is 5.75 Å². The van der Waals surface area contributed by atoms with Gasteiger partial charge in [0, 0.05) is 17.4 Å². The number of nitrogens with one attached hydrogen (secondary N) is 1. The Labute approximate surface area is 181 Å². The van der Waals surface area contributed by atoms with Gasteiger partial charge in [-0.15, -0.1) is 6.42 Å². The molecule has 30 heavy (non-hydrogen) atoms. The van der Waals surface area contributed by atoms with Gasteiger partial charge in [0.15, 0.2) is 0 Å². The Morgan fingerprint density at radius 2 is 1.57 bits per heavy atom. The number of hydrogen-bond acceptors (Lipinski definition) is 4. The highest BCUT2D eigenvalue weighted by Crippen LogP contribution is 2.29. The minimum absolute atomic E-state index is 0.439. The largest absolute Gasteiger partial charge is 0.495 e. The number of rotatable bonds is 4. The van der Waals surface area contributed by atoms with E-state index in [0.29, 0.717) is 28.0 Å². The Kier molecular flexibility index (Phi) is 7.43. The van der Waals surface area contributed by atoms with Gasteiger partial charge in [0.25, 0.3) is 0 Å². The normalized spacial score (nSPS) is 9.63. The summed E-state index contributed by atoms with van der Waals surface area (Å²) in [6.45, 7) is 0. The number of nitrogens with zero attached hydrogens (tertiary/aromatic N) is 2. The zero-order chi connectivity index (χ0) is 21.2. The van der Waals surface area contributed by atoms with Gasteiger partial charge in [0.1, 0.15) is 5.75 Å². The lowest BCUT2D eigenvalue weighted by atomic mass is 10.1. The van der Waals surface area contributed by atoms with Crippen LogP contribution in [0.15, 0.2) is 91.1 Å². The lowest BCUT2D eigenvalue weighted by Crippen LogP contribution is -2.00. The van der Waals surface area contributed by atoms with E-state index in [1.807, 2.05) is 72.8 Å². The predicted octanol–water partition coefficient (Wildman–Crippen LogP) is 6.22. The molecule has 0 aliphatic rings. The molecule has 0 atom stereocenters. The molecule has 148 valence electrons. The van der Waals surface area contributed by atoms with Crippen molar-refractivity contribution in [3.05, 3.63) is 102 Å². The number of benzene rings is 3. The second-order valence-corrected chi connectivity index (χ2v) is 6.50. The Hall–Kier alpha value is -3.81. The molecule has 0 saturated heterocycles. The minimum atomic E-state index is 0.439. The van der Waals surface area contributed by atoms with E-state index in [2.05, 4.69) is 21.2 Å². The second kappa shape index (κ2) is 10.7. The number of hydrogen-bond donors (Lipinski definition) is 1. The Morgan fingerprint density at radius 3 is 2.13 bits per heavy atom. The van der Waals surface area contributed by atoms with E-state index >= 15 is 0 Å². The zero-order valence-electron chi connectivity index (χ0n) is 16.4. The molecule has 4 rings (SSSR count). The summed E-state index contributed by atoms with van der Waals surface area (Å²) in [5, 5.41) is 3.63. The monoisotopic (exact) mass is 413 g/mol. The SMILES string of the molecule is C#Cc1cnc(Nc2ccc(OC)c(Cl)c2)nc1-c1ccccc1.c1ccccc1. The van der Waals surface area contributed by atoms with Crippen molar-refractivity contribution in [2.45, 2.75) is 0 Å². The van der Waals surface area contributed by atoms with Crippen LogP contribution in [0.3, 0.4) is 0 Å². The molecule has 1 N–H and O–H groups in total. The van der Waals surface area contributed by atoms with E-state index in [1.54, 1.807) is 25.4 Å². The molecule has 5 heteroatoms. The van der Waals surface area contributed by atoms with Gasteiger partial charge < -0.3 is 10.1 Å². The van der Waals surface area contributed by atoms with Crippen LogP contribution >= 0.6 is 11.6 Å². The third kappa shape index (κ3) is 5.60. The van der Waals surface area contributed by atoms with Crippen LogP contribution in [0.25, 0.3) is 11.3 Å². The van der Waals surface area contributed by atoms with Crippen molar-refractivity contribution in [2.75, 3.05) is 12.4 Å². The molecule has 0 radical (unpaired) electrons. The zero-order valence-corrected chi connectivity index (χ0v) is 17.2. The summed E-state index contributed by atoms with van der Waals surface area (Å²) in [6.07, 6.45) is 7.19. The van der Waals surface area contributed by atoms with Crippen molar-refractivity contribution in [1.82, 2.24) is 9.97 Å².